The minimum atomic E-state index is -0.780. The molecule has 0 aromatic heterocycles. The fourth-order valence-electron chi connectivity index (χ4n) is 8.84. The van der Waals surface area contributed by atoms with Gasteiger partial charge in [-0.3, -0.25) is 14.4 Å². The lowest BCUT2D eigenvalue weighted by Gasteiger charge is -2.18. The maximum absolute atomic E-state index is 12.9. The highest BCUT2D eigenvalue weighted by molar-refractivity contribution is 5.71. The third-order valence-corrected chi connectivity index (χ3v) is 13.4. The van der Waals surface area contributed by atoms with Gasteiger partial charge in [0.05, 0.1) is 0 Å². The molecule has 1 unspecified atom stereocenters. The van der Waals surface area contributed by atoms with Gasteiger partial charge in [0.2, 0.25) is 0 Å². The first-order chi connectivity index (χ1) is 33.5. The van der Waals surface area contributed by atoms with Crippen LogP contribution in [0.3, 0.4) is 0 Å². The summed E-state index contributed by atoms with van der Waals surface area (Å²) in [6.45, 7) is 6.66. The molecule has 0 aromatic rings. The van der Waals surface area contributed by atoms with Crippen molar-refractivity contribution >= 4 is 17.9 Å². The molecule has 6 heteroatoms. The normalized spacial score (nSPS) is 12.2. The van der Waals surface area contributed by atoms with E-state index in [4.69, 9.17) is 14.2 Å². The van der Waals surface area contributed by atoms with Crippen molar-refractivity contribution in [1.29, 1.82) is 0 Å². The van der Waals surface area contributed by atoms with Gasteiger partial charge in [-0.05, 0) is 70.6 Å². The first-order valence-electron chi connectivity index (χ1n) is 30.0. The van der Waals surface area contributed by atoms with Gasteiger partial charge in [-0.25, -0.2) is 0 Å². The van der Waals surface area contributed by atoms with Crippen molar-refractivity contribution in [3.8, 4) is 0 Å². The minimum absolute atomic E-state index is 0.0768. The highest BCUT2D eigenvalue weighted by Crippen LogP contribution is 2.16. The van der Waals surface area contributed by atoms with Gasteiger partial charge in [0.15, 0.2) is 6.10 Å². The molecule has 68 heavy (non-hydrogen) atoms. The van der Waals surface area contributed by atoms with Gasteiger partial charge in [-0.1, -0.05) is 269 Å². The molecule has 0 aliphatic rings. The smallest absolute Gasteiger partial charge is 0.306 e. The Bertz CT molecular complexity index is 1140. The van der Waals surface area contributed by atoms with Crippen LogP contribution in [0.15, 0.2) is 36.5 Å². The SMILES string of the molecule is CCCCCCCCC/C=C\C=C/CCCCCCCC(=O)OCC(COC(=O)CCCCCCCCCCCCCCCCCC)OC(=O)CCCCCCC/C=C\CCCCCCCCC. The Morgan fingerprint density at radius 1 is 0.294 bits per heavy atom. The fourth-order valence-corrected chi connectivity index (χ4v) is 8.84. The number of carbonyl (C=O) groups is 3. The molecule has 0 N–H and O–H groups in total. The van der Waals surface area contributed by atoms with Crippen LogP contribution in [-0.2, 0) is 28.6 Å². The van der Waals surface area contributed by atoms with E-state index in [9.17, 15) is 14.4 Å². The molecule has 0 aromatic carbocycles. The van der Waals surface area contributed by atoms with Gasteiger partial charge in [-0.2, -0.15) is 0 Å². The van der Waals surface area contributed by atoms with Gasteiger partial charge in [0.25, 0.3) is 0 Å². The molecule has 0 aliphatic carbocycles. The maximum Gasteiger partial charge on any atom is 0.306 e. The number of esters is 3. The average Bonchev–Trinajstić information content (AvgIpc) is 3.34. The average molecular weight is 956 g/mol. The van der Waals surface area contributed by atoms with E-state index in [-0.39, 0.29) is 31.1 Å². The standard InChI is InChI=1S/C62H114O6/c1-4-7-10-13-16-19-22-25-28-31-32-35-37-40-43-46-49-52-55-61(64)67-58-59(68-62(65)56-53-50-47-44-41-38-34-30-27-24-21-18-15-12-9-6-3)57-66-60(63)54-51-48-45-42-39-36-33-29-26-23-20-17-14-11-8-5-2/h28,30-32,34-35,59H,4-27,29,33,36-58H2,1-3H3/b31-28-,34-30-,35-32-. The molecule has 398 valence electrons. The summed E-state index contributed by atoms with van der Waals surface area (Å²) in [7, 11) is 0. The molecule has 1 atom stereocenters. The lowest BCUT2D eigenvalue weighted by Crippen LogP contribution is -2.30. The predicted octanol–water partition coefficient (Wildman–Crippen LogP) is 20.0. The van der Waals surface area contributed by atoms with Crippen molar-refractivity contribution in [1.82, 2.24) is 0 Å². The van der Waals surface area contributed by atoms with Crippen LogP contribution in [0.25, 0.3) is 0 Å². The second kappa shape index (κ2) is 57.2. The molecular weight excluding hydrogens is 841 g/mol. The Labute approximate surface area is 423 Å². The van der Waals surface area contributed by atoms with E-state index >= 15 is 0 Å². The summed E-state index contributed by atoms with van der Waals surface area (Å²) in [6.07, 6.45) is 68.5. The first-order valence-corrected chi connectivity index (χ1v) is 30.0. The van der Waals surface area contributed by atoms with Crippen molar-refractivity contribution in [3.05, 3.63) is 36.5 Å². The second-order valence-electron chi connectivity index (χ2n) is 20.3. The van der Waals surface area contributed by atoms with Gasteiger partial charge < -0.3 is 14.2 Å². The number of hydrogen-bond acceptors (Lipinski definition) is 6. The van der Waals surface area contributed by atoms with E-state index < -0.39 is 6.10 Å². The topological polar surface area (TPSA) is 78.9 Å². The zero-order chi connectivity index (χ0) is 49.3. The van der Waals surface area contributed by atoms with Crippen LogP contribution in [0.1, 0.15) is 323 Å². The third-order valence-electron chi connectivity index (χ3n) is 13.4. The van der Waals surface area contributed by atoms with Crippen molar-refractivity contribution in [3.63, 3.8) is 0 Å². The highest BCUT2D eigenvalue weighted by atomic mass is 16.6. The molecule has 0 aliphatic heterocycles. The highest BCUT2D eigenvalue weighted by Gasteiger charge is 2.19. The van der Waals surface area contributed by atoms with Crippen molar-refractivity contribution in [2.75, 3.05) is 13.2 Å². The molecule has 0 amide bonds. The lowest BCUT2D eigenvalue weighted by atomic mass is 10.0. The van der Waals surface area contributed by atoms with Crippen molar-refractivity contribution < 1.29 is 28.6 Å². The third kappa shape index (κ3) is 54.6. The number of hydrogen-bond donors (Lipinski definition) is 0. The van der Waals surface area contributed by atoms with Crippen LogP contribution in [0.2, 0.25) is 0 Å². The number of allylic oxidation sites excluding steroid dienone is 6. The Hall–Kier alpha value is -2.37. The Morgan fingerprint density at radius 3 is 0.824 bits per heavy atom. The monoisotopic (exact) mass is 955 g/mol. The lowest BCUT2D eigenvalue weighted by molar-refractivity contribution is -0.167. The molecule has 0 fully saturated rings. The summed E-state index contributed by atoms with van der Waals surface area (Å²) in [6, 6.07) is 0. The molecule has 0 rings (SSSR count). The van der Waals surface area contributed by atoms with Gasteiger partial charge >= 0.3 is 17.9 Å². The molecular formula is C62H114O6. The Kier molecular flexibility index (Phi) is 55.2. The summed E-state index contributed by atoms with van der Waals surface area (Å²) < 4.78 is 16.9. The van der Waals surface area contributed by atoms with Crippen LogP contribution in [0.4, 0.5) is 0 Å². The predicted molar refractivity (Wildman–Crippen MR) is 293 cm³/mol. The van der Waals surface area contributed by atoms with E-state index in [2.05, 4.69) is 57.2 Å². The molecule has 0 spiro atoms. The summed E-state index contributed by atoms with van der Waals surface area (Å²) in [5, 5.41) is 0. The van der Waals surface area contributed by atoms with Crippen molar-refractivity contribution in [2.24, 2.45) is 0 Å². The van der Waals surface area contributed by atoms with Crippen LogP contribution in [0, 0.1) is 0 Å². The maximum atomic E-state index is 12.9. The van der Waals surface area contributed by atoms with Crippen LogP contribution in [0.5, 0.6) is 0 Å². The minimum Gasteiger partial charge on any atom is -0.462 e. The molecule has 0 saturated carbocycles. The fraction of sp³-hybridized carbons (Fsp3) is 0.855. The Balaban J connectivity index is 4.38. The molecule has 0 radical (unpaired) electrons. The summed E-state index contributed by atoms with van der Waals surface area (Å²) in [5.74, 6) is -0.881. The van der Waals surface area contributed by atoms with Crippen LogP contribution in [-0.4, -0.2) is 37.2 Å². The molecule has 0 heterocycles. The van der Waals surface area contributed by atoms with E-state index in [1.807, 2.05) is 0 Å². The van der Waals surface area contributed by atoms with Gasteiger partial charge in [0, 0.05) is 19.3 Å². The van der Waals surface area contributed by atoms with E-state index in [1.165, 1.54) is 199 Å². The zero-order valence-electron chi connectivity index (χ0n) is 45.6. The number of unbranched alkanes of at least 4 members (excludes halogenated alkanes) is 39. The van der Waals surface area contributed by atoms with E-state index in [1.54, 1.807) is 0 Å². The van der Waals surface area contributed by atoms with Crippen LogP contribution < -0.4 is 0 Å². The number of rotatable bonds is 55. The Morgan fingerprint density at radius 2 is 0.529 bits per heavy atom. The van der Waals surface area contributed by atoms with Gasteiger partial charge in [-0.15, -0.1) is 0 Å². The molecule has 0 bridgehead atoms. The van der Waals surface area contributed by atoms with E-state index in [0.717, 1.165) is 83.5 Å². The second-order valence-corrected chi connectivity index (χ2v) is 20.3. The van der Waals surface area contributed by atoms with Crippen molar-refractivity contribution in [2.45, 2.75) is 329 Å². The number of ether oxygens (including phenoxy) is 3. The van der Waals surface area contributed by atoms with Crippen LogP contribution >= 0.6 is 0 Å². The summed E-state index contributed by atoms with van der Waals surface area (Å²) >= 11 is 0. The molecule has 0 saturated heterocycles. The zero-order valence-corrected chi connectivity index (χ0v) is 45.6. The van der Waals surface area contributed by atoms with E-state index in [0.29, 0.717) is 19.3 Å². The molecule has 6 nitrogen and oxygen atoms in total. The number of carbonyl (C=O) groups excluding carboxylic acids is 3. The largest absolute Gasteiger partial charge is 0.462 e. The quantitative estimate of drug-likeness (QED) is 0.0199. The van der Waals surface area contributed by atoms with Gasteiger partial charge in [0.1, 0.15) is 13.2 Å². The summed E-state index contributed by atoms with van der Waals surface area (Å²) in [4.78, 5) is 38.2. The first kappa shape index (κ1) is 65.6. The summed E-state index contributed by atoms with van der Waals surface area (Å²) in [5.41, 5.74) is 0.